The van der Waals surface area contributed by atoms with E-state index in [1.54, 1.807) is 25.7 Å². The molecule has 2 N–H and O–H groups in total. The first-order chi connectivity index (χ1) is 16.2. The number of aromatic amines is 1. The number of ether oxygens (including phenoxy) is 2. The Hall–Kier alpha value is -3.29. The number of aromatic nitrogens is 1. The molecule has 2 amide bonds. The molecule has 1 saturated heterocycles. The fraction of sp³-hybridized carbons (Fsp3) is 0.500. The Labute approximate surface area is 201 Å². The third-order valence-electron chi connectivity index (χ3n) is 5.97. The molecule has 0 saturated carbocycles. The fourth-order valence-corrected chi connectivity index (χ4v) is 4.30. The number of esters is 1. The van der Waals surface area contributed by atoms with Crippen LogP contribution in [-0.4, -0.2) is 53.5 Å². The van der Waals surface area contributed by atoms with E-state index in [0.717, 1.165) is 24.2 Å². The molecule has 8 heteroatoms. The van der Waals surface area contributed by atoms with Crippen LogP contribution in [0.25, 0.3) is 0 Å². The number of hydrogen-bond acceptors (Lipinski definition) is 5. The van der Waals surface area contributed by atoms with Gasteiger partial charge in [0.1, 0.15) is 11.4 Å². The number of nitrogens with one attached hydrogen (secondary N) is 2. The van der Waals surface area contributed by atoms with Gasteiger partial charge >= 0.3 is 5.97 Å². The highest BCUT2D eigenvalue weighted by atomic mass is 16.5. The molecular formula is C26H35N3O5. The Morgan fingerprint density at radius 3 is 2.53 bits per heavy atom. The molecule has 0 spiro atoms. The topological polar surface area (TPSA) is 101 Å². The minimum absolute atomic E-state index is 0.0633. The Morgan fingerprint density at radius 1 is 1.18 bits per heavy atom. The quantitative estimate of drug-likeness (QED) is 0.574. The van der Waals surface area contributed by atoms with Gasteiger partial charge in [0.15, 0.2) is 0 Å². The number of hydrogen-bond donors (Lipinski definition) is 2. The van der Waals surface area contributed by atoms with Crippen molar-refractivity contribution < 1.29 is 23.9 Å². The van der Waals surface area contributed by atoms with E-state index in [-0.39, 0.29) is 30.4 Å². The molecule has 184 valence electrons. The van der Waals surface area contributed by atoms with Crippen molar-refractivity contribution in [2.24, 2.45) is 5.92 Å². The van der Waals surface area contributed by atoms with Crippen molar-refractivity contribution in [2.45, 2.75) is 60.1 Å². The Kier molecular flexibility index (Phi) is 8.36. The van der Waals surface area contributed by atoms with E-state index in [0.29, 0.717) is 42.1 Å². The minimum atomic E-state index is -0.438. The Balaban J connectivity index is 1.60. The molecule has 1 atom stereocenters. The zero-order valence-corrected chi connectivity index (χ0v) is 20.7. The molecule has 0 aliphatic carbocycles. The molecule has 0 bridgehead atoms. The van der Waals surface area contributed by atoms with Crippen LogP contribution in [0.5, 0.6) is 5.75 Å². The summed E-state index contributed by atoms with van der Waals surface area (Å²) in [4.78, 5) is 43.1. The van der Waals surface area contributed by atoms with Gasteiger partial charge in [-0.15, -0.1) is 0 Å². The molecule has 8 nitrogen and oxygen atoms in total. The number of aryl methyl sites for hydroxylation is 1. The van der Waals surface area contributed by atoms with Crippen molar-refractivity contribution in [1.29, 1.82) is 0 Å². The summed E-state index contributed by atoms with van der Waals surface area (Å²) in [5.74, 6) is -0.178. The number of rotatable bonds is 8. The van der Waals surface area contributed by atoms with Crippen LogP contribution in [0.2, 0.25) is 0 Å². The summed E-state index contributed by atoms with van der Waals surface area (Å²) in [5.41, 5.74) is 2.96. The first-order valence-corrected chi connectivity index (χ1v) is 11.9. The van der Waals surface area contributed by atoms with Gasteiger partial charge in [0.2, 0.25) is 5.91 Å². The predicted octanol–water partition coefficient (Wildman–Crippen LogP) is 3.76. The van der Waals surface area contributed by atoms with Gasteiger partial charge in [-0.25, -0.2) is 4.79 Å². The first kappa shape index (κ1) is 25.3. The average Bonchev–Trinajstić information content (AvgIpc) is 3.11. The van der Waals surface area contributed by atoms with E-state index in [9.17, 15) is 14.4 Å². The van der Waals surface area contributed by atoms with Crippen LogP contribution in [0.1, 0.15) is 71.3 Å². The van der Waals surface area contributed by atoms with Crippen molar-refractivity contribution in [3.05, 3.63) is 52.3 Å². The summed E-state index contributed by atoms with van der Waals surface area (Å²) in [5, 5.41) is 3.00. The van der Waals surface area contributed by atoms with Crippen molar-refractivity contribution >= 4 is 17.8 Å². The molecule has 3 rings (SSSR count). The van der Waals surface area contributed by atoms with Gasteiger partial charge in [-0.05, 0) is 70.7 Å². The van der Waals surface area contributed by atoms with Gasteiger partial charge in [-0.2, -0.15) is 0 Å². The summed E-state index contributed by atoms with van der Waals surface area (Å²) in [7, 11) is 0. The number of carbonyl (C=O) groups excluding carboxylic acids is 3. The molecule has 2 heterocycles. The molecule has 0 unspecified atom stereocenters. The van der Waals surface area contributed by atoms with Crippen LogP contribution < -0.4 is 10.1 Å². The molecule has 1 fully saturated rings. The lowest BCUT2D eigenvalue weighted by Crippen LogP contribution is -2.45. The van der Waals surface area contributed by atoms with Gasteiger partial charge < -0.3 is 24.7 Å². The normalized spacial score (nSPS) is 15.8. The summed E-state index contributed by atoms with van der Waals surface area (Å²) in [6.07, 6.45) is 1.58. The van der Waals surface area contributed by atoms with Gasteiger partial charge in [0.25, 0.3) is 5.91 Å². The van der Waals surface area contributed by atoms with Gasteiger partial charge in [-0.3, -0.25) is 9.59 Å². The second-order valence-electron chi connectivity index (χ2n) is 8.96. The smallest absolute Gasteiger partial charge is 0.340 e. The second kappa shape index (κ2) is 11.2. The van der Waals surface area contributed by atoms with E-state index in [1.807, 2.05) is 38.1 Å². The van der Waals surface area contributed by atoms with E-state index < -0.39 is 5.97 Å². The maximum atomic E-state index is 13.2. The van der Waals surface area contributed by atoms with Crippen molar-refractivity contribution in [3.8, 4) is 5.75 Å². The van der Waals surface area contributed by atoms with Crippen molar-refractivity contribution in [1.82, 2.24) is 15.2 Å². The van der Waals surface area contributed by atoms with Gasteiger partial charge in [0, 0.05) is 25.3 Å². The summed E-state index contributed by atoms with van der Waals surface area (Å²) >= 11 is 0. The number of carbonyl (C=O) groups is 3. The van der Waals surface area contributed by atoms with Crippen molar-refractivity contribution in [2.75, 3.05) is 19.7 Å². The van der Waals surface area contributed by atoms with Crippen LogP contribution in [0, 0.1) is 19.8 Å². The SMILES string of the molecule is CCOC(=O)c1c(C)[nH]c(C(=O)N2CCC[C@@H](C(=O)NCc3ccc(OC(C)C)cc3)C2)c1C. The lowest BCUT2D eigenvalue weighted by molar-refractivity contribution is -0.126. The zero-order chi connectivity index (χ0) is 24.8. The predicted molar refractivity (Wildman–Crippen MR) is 129 cm³/mol. The van der Waals surface area contributed by atoms with Crippen LogP contribution in [-0.2, 0) is 16.1 Å². The highest BCUT2D eigenvalue weighted by Crippen LogP contribution is 2.24. The molecule has 1 aliphatic heterocycles. The molecule has 0 radical (unpaired) electrons. The average molecular weight is 470 g/mol. The molecule has 1 aromatic heterocycles. The molecular weight excluding hydrogens is 434 g/mol. The van der Waals surface area contributed by atoms with Gasteiger partial charge in [-0.1, -0.05) is 12.1 Å². The highest BCUT2D eigenvalue weighted by Gasteiger charge is 2.31. The highest BCUT2D eigenvalue weighted by molar-refractivity contribution is 6.00. The monoisotopic (exact) mass is 469 g/mol. The maximum Gasteiger partial charge on any atom is 0.340 e. The number of H-pyrrole nitrogens is 1. The Morgan fingerprint density at radius 2 is 1.88 bits per heavy atom. The van der Waals surface area contributed by atoms with Gasteiger partial charge in [0.05, 0.1) is 24.2 Å². The molecule has 1 aromatic carbocycles. The number of likely N-dealkylation sites (tertiary alicyclic amines) is 1. The minimum Gasteiger partial charge on any atom is -0.491 e. The summed E-state index contributed by atoms with van der Waals surface area (Å²) in [6.45, 7) is 10.8. The Bertz CT molecular complexity index is 1030. The van der Waals surface area contributed by atoms with Crippen molar-refractivity contribution in [3.63, 3.8) is 0 Å². The van der Waals surface area contributed by atoms with E-state index in [2.05, 4.69) is 10.3 Å². The third kappa shape index (κ3) is 5.98. The first-order valence-electron chi connectivity index (χ1n) is 11.9. The fourth-order valence-electron chi connectivity index (χ4n) is 4.30. The van der Waals surface area contributed by atoms with Crippen LogP contribution >= 0.6 is 0 Å². The molecule has 1 aliphatic rings. The maximum absolute atomic E-state index is 13.2. The van der Waals surface area contributed by atoms with Crippen LogP contribution in [0.4, 0.5) is 0 Å². The van der Waals surface area contributed by atoms with E-state index in [1.165, 1.54) is 0 Å². The summed E-state index contributed by atoms with van der Waals surface area (Å²) in [6, 6.07) is 7.67. The number of amides is 2. The lowest BCUT2D eigenvalue weighted by atomic mass is 9.96. The third-order valence-corrected chi connectivity index (χ3v) is 5.97. The van der Waals surface area contributed by atoms with Crippen LogP contribution in [0.15, 0.2) is 24.3 Å². The largest absolute Gasteiger partial charge is 0.491 e. The molecule has 34 heavy (non-hydrogen) atoms. The number of piperidine rings is 1. The molecule has 2 aromatic rings. The number of nitrogens with zero attached hydrogens (tertiary/aromatic N) is 1. The zero-order valence-electron chi connectivity index (χ0n) is 20.7. The standard InChI is InChI=1S/C26H35N3O5/c1-6-33-26(32)22-17(4)23(28-18(22)5)25(31)29-13-7-8-20(15-29)24(30)27-14-19-9-11-21(12-10-19)34-16(2)3/h9-12,16,20,28H,6-8,13-15H2,1-5H3,(H,27,30)/t20-/m1/s1. The lowest BCUT2D eigenvalue weighted by Gasteiger charge is -2.32. The number of benzene rings is 1. The van der Waals surface area contributed by atoms with E-state index >= 15 is 0 Å². The second-order valence-corrected chi connectivity index (χ2v) is 8.96. The van der Waals surface area contributed by atoms with E-state index in [4.69, 9.17) is 9.47 Å². The summed E-state index contributed by atoms with van der Waals surface area (Å²) < 4.78 is 10.8. The van der Waals surface area contributed by atoms with Crippen LogP contribution in [0.3, 0.4) is 0 Å².